The molecular formula is C12H13N2O3P. The number of fused-ring (bicyclic) bond motifs is 1. The van der Waals surface area contributed by atoms with E-state index in [4.69, 9.17) is 9.79 Å². The number of nitrogens with zero attached hydrogens (tertiary/aromatic N) is 1. The Labute approximate surface area is 105 Å². The molecule has 1 aromatic carbocycles. The fourth-order valence-electron chi connectivity index (χ4n) is 1.68. The second-order valence-electron chi connectivity index (χ2n) is 3.82. The molecule has 3 N–H and O–H groups in total. The van der Waals surface area contributed by atoms with Gasteiger partial charge in [0.25, 0.3) is 5.91 Å². The summed E-state index contributed by atoms with van der Waals surface area (Å²) in [7, 11) is -0.427. The van der Waals surface area contributed by atoms with Crippen LogP contribution in [0.4, 0.5) is 0 Å². The summed E-state index contributed by atoms with van der Waals surface area (Å²) in [6.07, 6.45) is 0.134. The minimum atomic E-state index is -2.00. The zero-order chi connectivity index (χ0) is 13.1. The molecule has 0 aliphatic heterocycles. The molecule has 6 heteroatoms. The highest BCUT2D eigenvalue weighted by atomic mass is 31.2. The van der Waals surface area contributed by atoms with Crippen molar-refractivity contribution in [1.29, 1.82) is 0 Å². The van der Waals surface area contributed by atoms with Gasteiger partial charge in [-0.3, -0.25) is 9.78 Å². The van der Waals surface area contributed by atoms with Gasteiger partial charge in [0.05, 0.1) is 11.7 Å². The molecule has 0 fully saturated rings. The zero-order valence-electron chi connectivity index (χ0n) is 9.79. The smallest absolute Gasteiger partial charge is 0.251 e. The summed E-state index contributed by atoms with van der Waals surface area (Å²) in [5, 5.41) is 3.46. The molecule has 1 aromatic heterocycles. The van der Waals surface area contributed by atoms with Crippen molar-refractivity contribution in [3.8, 4) is 0 Å². The lowest BCUT2D eigenvalue weighted by molar-refractivity contribution is 0.0963. The highest BCUT2D eigenvalue weighted by Crippen LogP contribution is 2.28. The molecule has 1 amide bonds. The summed E-state index contributed by atoms with van der Waals surface area (Å²) in [5.74, 6) is -0.171. The molecule has 0 spiro atoms. The molecule has 0 saturated carbocycles. The summed E-state index contributed by atoms with van der Waals surface area (Å²) < 4.78 is 0. The van der Waals surface area contributed by atoms with E-state index in [9.17, 15) is 4.79 Å². The van der Waals surface area contributed by atoms with Crippen LogP contribution in [-0.4, -0.2) is 27.7 Å². The molecule has 5 nitrogen and oxygen atoms in total. The molecule has 94 valence electrons. The fraction of sp³-hybridized carbons (Fsp3) is 0.167. The molecule has 2 rings (SSSR count). The van der Waals surface area contributed by atoms with Crippen LogP contribution in [0.3, 0.4) is 0 Å². The molecule has 0 aliphatic carbocycles. The van der Waals surface area contributed by atoms with Crippen molar-refractivity contribution in [2.24, 2.45) is 0 Å². The van der Waals surface area contributed by atoms with Gasteiger partial charge in [0.1, 0.15) is 0 Å². The number of benzene rings is 1. The van der Waals surface area contributed by atoms with Crippen molar-refractivity contribution in [3.05, 3.63) is 41.6 Å². The first kappa shape index (κ1) is 12.9. The van der Waals surface area contributed by atoms with Gasteiger partial charge in [-0.1, -0.05) is 12.1 Å². The van der Waals surface area contributed by atoms with E-state index in [2.05, 4.69) is 10.3 Å². The number of pyridine rings is 1. The van der Waals surface area contributed by atoms with Gasteiger partial charge in [0.2, 0.25) is 0 Å². The Morgan fingerprint density at radius 1 is 1.33 bits per heavy atom. The molecule has 0 saturated heterocycles. The van der Waals surface area contributed by atoms with Crippen LogP contribution in [0.1, 0.15) is 16.1 Å². The monoisotopic (exact) mass is 264 g/mol. The SMILES string of the molecule is CNC(=O)c1ccc2ccc(CP(O)O)nc2c1. The Morgan fingerprint density at radius 2 is 2.06 bits per heavy atom. The molecule has 18 heavy (non-hydrogen) atoms. The molecule has 0 aliphatic rings. The van der Waals surface area contributed by atoms with Crippen LogP contribution in [0.2, 0.25) is 0 Å². The summed E-state index contributed by atoms with van der Waals surface area (Å²) in [4.78, 5) is 33.8. The Bertz CT molecular complexity index is 587. The van der Waals surface area contributed by atoms with E-state index in [0.717, 1.165) is 5.39 Å². The van der Waals surface area contributed by atoms with Crippen LogP contribution in [0.5, 0.6) is 0 Å². The molecule has 1 heterocycles. The van der Waals surface area contributed by atoms with Crippen LogP contribution in [-0.2, 0) is 6.16 Å². The lowest BCUT2D eigenvalue weighted by Gasteiger charge is -2.05. The van der Waals surface area contributed by atoms with E-state index in [1.54, 1.807) is 25.2 Å². The van der Waals surface area contributed by atoms with Crippen LogP contribution in [0.25, 0.3) is 10.9 Å². The van der Waals surface area contributed by atoms with Crippen LogP contribution in [0, 0.1) is 0 Å². The predicted molar refractivity (Wildman–Crippen MR) is 70.2 cm³/mol. The lowest BCUT2D eigenvalue weighted by Crippen LogP contribution is -2.17. The Balaban J connectivity index is 2.43. The first-order chi connectivity index (χ1) is 8.60. The number of amides is 1. The van der Waals surface area contributed by atoms with Gasteiger partial charge in [0, 0.05) is 23.7 Å². The number of hydrogen-bond donors (Lipinski definition) is 3. The van der Waals surface area contributed by atoms with Crippen molar-refractivity contribution >= 4 is 25.2 Å². The van der Waals surface area contributed by atoms with Crippen molar-refractivity contribution in [1.82, 2.24) is 10.3 Å². The summed E-state index contributed by atoms with van der Waals surface area (Å²) in [5.41, 5.74) is 1.81. The number of nitrogens with one attached hydrogen (secondary N) is 1. The van der Waals surface area contributed by atoms with Crippen LogP contribution in [0.15, 0.2) is 30.3 Å². The van der Waals surface area contributed by atoms with E-state index in [1.807, 2.05) is 12.1 Å². The molecule has 0 unspecified atom stereocenters. The minimum Gasteiger partial charge on any atom is -0.355 e. The minimum absolute atomic E-state index is 0.134. The van der Waals surface area contributed by atoms with E-state index in [-0.39, 0.29) is 12.1 Å². The van der Waals surface area contributed by atoms with Crippen LogP contribution >= 0.6 is 8.38 Å². The average Bonchev–Trinajstić information content (AvgIpc) is 2.36. The maximum Gasteiger partial charge on any atom is 0.251 e. The van der Waals surface area contributed by atoms with Gasteiger partial charge in [-0.05, 0) is 18.2 Å². The van der Waals surface area contributed by atoms with Crippen molar-refractivity contribution < 1.29 is 14.6 Å². The summed E-state index contributed by atoms with van der Waals surface area (Å²) >= 11 is 0. The van der Waals surface area contributed by atoms with Gasteiger partial charge in [-0.2, -0.15) is 0 Å². The van der Waals surface area contributed by atoms with Gasteiger partial charge in [0.15, 0.2) is 8.38 Å². The molecule has 0 atom stereocenters. The summed E-state index contributed by atoms with van der Waals surface area (Å²) in [6.45, 7) is 0. The summed E-state index contributed by atoms with van der Waals surface area (Å²) in [6, 6.07) is 8.84. The van der Waals surface area contributed by atoms with E-state index >= 15 is 0 Å². The van der Waals surface area contributed by atoms with E-state index < -0.39 is 8.38 Å². The normalized spacial score (nSPS) is 10.9. The quantitative estimate of drug-likeness (QED) is 0.732. The molecular weight excluding hydrogens is 251 g/mol. The van der Waals surface area contributed by atoms with Crippen molar-refractivity contribution in [2.75, 3.05) is 7.05 Å². The van der Waals surface area contributed by atoms with Gasteiger partial charge < -0.3 is 15.1 Å². The maximum atomic E-state index is 11.5. The number of carbonyl (C=O) groups is 1. The van der Waals surface area contributed by atoms with E-state index in [1.165, 1.54) is 0 Å². The van der Waals surface area contributed by atoms with Gasteiger partial charge in [-0.15, -0.1) is 0 Å². The number of carbonyl (C=O) groups excluding carboxylic acids is 1. The number of aromatic nitrogens is 1. The highest BCUT2D eigenvalue weighted by Gasteiger charge is 2.07. The van der Waals surface area contributed by atoms with Crippen molar-refractivity contribution in [3.63, 3.8) is 0 Å². The third kappa shape index (κ3) is 2.82. The lowest BCUT2D eigenvalue weighted by atomic mass is 10.1. The van der Waals surface area contributed by atoms with Crippen LogP contribution < -0.4 is 5.32 Å². The predicted octanol–water partition coefficient (Wildman–Crippen LogP) is 1.39. The first-order valence-electron chi connectivity index (χ1n) is 5.37. The number of hydrogen-bond acceptors (Lipinski definition) is 4. The third-order valence-electron chi connectivity index (χ3n) is 2.54. The standard InChI is InChI=1S/C12H13N2O3P/c1-13-12(15)9-3-2-8-4-5-10(7-18(16)17)14-11(8)6-9/h2-6,16-17H,7H2,1H3,(H,13,15). The second kappa shape index (κ2) is 5.40. The molecule has 0 bridgehead atoms. The fourth-order valence-corrected chi connectivity index (χ4v) is 2.14. The second-order valence-corrected chi connectivity index (χ2v) is 4.88. The van der Waals surface area contributed by atoms with Gasteiger partial charge in [-0.25, -0.2) is 0 Å². The van der Waals surface area contributed by atoms with E-state index in [0.29, 0.717) is 16.8 Å². The Hall–Kier alpha value is -1.55. The van der Waals surface area contributed by atoms with Gasteiger partial charge >= 0.3 is 0 Å². The zero-order valence-corrected chi connectivity index (χ0v) is 10.7. The Kier molecular flexibility index (Phi) is 3.87. The average molecular weight is 264 g/mol. The Morgan fingerprint density at radius 3 is 2.72 bits per heavy atom. The number of rotatable bonds is 3. The molecule has 2 aromatic rings. The third-order valence-corrected chi connectivity index (χ3v) is 3.15. The highest BCUT2D eigenvalue weighted by molar-refractivity contribution is 7.44. The maximum absolute atomic E-state index is 11.5. The first-order valence-corrected chi connectivity index (χ1v) is 6.80. The molecule has 0 radical (unpaired) electrons. The largest absolute Gasteiger partial charge is 0.355 e. The van der Waals surface area contributed by atoms with Crippen molar-refractivity contribution in [2.45, 2.75) is 6.16 Å². The topological polar surface area (TPSA) is 82.5 Å².